The number of rotatable bonds is 4. The molecule has 0 bridgehead atoms. The fraction of sp³-hybridized carbons (Fsp3) is 1.00. The second kappa shape index (κ2) is 4.42. The van der Waals surface area contributed by atoms with Crippen molar-refractivity contribution in [1.29, 1.82) is 0 Å². The summed E-state index contributed by atoms with van der Waals surface area (Å²) >= 11 is 4.86. The molecule has 0 aromatic carbocycles. The Morgan fingerprint density at radius 2 is 2.10 bits per heavy atom. The number of hydrogen-bond acceptors (Lipinski definition) is 3. The standard InChI is InChI=1S/C5H14NO2PS/c1-4-7-9(6,10)8-5(2)3/h5H,4H2,1-3H3,(H2,6,10). The van der Waals surface area contributed by atoms with Crippen LogP contribution in [0.15, 0.2) is 0 Å². The molecule has 1 unspecified atom stereocenters. The summed E-state index contributed by atoms with van der Waals surface area (Å²) in [5.41, 5.74) is 5.51. The molecule has 0 aliphatic heterocycles. The van der Waals surface area contributed by atoms with Crippen LogP contribution >= 0.6 is 6.64 Å². The van der Waals surface area contributed by atoms with E-state index in [0.717, 1.165) is 0 Å². The van der Waals surface area contributed by atoms with Crippen LogP contribution in [0.25, 0.3) is 0 Å². The van der Waals surface area contributed by atoms with Crippen molar-refractivity contribution < 1.29 is 9.05 Å². The Morgan fingerprint density at radius 3 is 2.40 bits per heavy atom. The smallest absolute Gasteiger partial charge is 0.258 e. The summed E-state index contributed by atoms with van der Waals surface area (Å²) in [5, 5.41) is 0. The second-order valence-corrected chi connectivity index (χ2v) is 5.19. The predicted octanol–water partition coefficient (Wildman–Crippen LogP) is 1.63. The lowest BCUT2D eigenvalue weighted by atomic mass is 10.5. The van der Waals surface area contributed by atoms with E-state index in [1.807, 2.05) is 20.8 Å². The zero-order valence-electron chi connectivity index (χ0n) is 6.53. The van der Waals surface area contributed by atoms with Crippen LogP contribution in [0, 0.1) is 0 Å². The Morgan fingerprint density at radius 1 is 1.60 bits per heavy atom. The highest BCUT2D eigenvalue weighted by molar-refractivity contribution is 8.08. The van der Waals surface area contributed by atoms with Gasteiger partial charge in [-0.25, -0.2) is 0 Å². The summed E-state index contributed by atoms with van der Waals surface area (Å²) in [5.74, 6) is 0. The summed E-state index contributed by atoms with van der Waals surface area (Å²) in [4.78, 5) is 0. The third kappa shape index (κ3) is 5.33. The fourth-order valence-electron chi connectivity index (χ4n) is 0.504. The minimum absolute atomic E-state index is 0.0439. The molecule has 5 heteroatoms. The fourth-order valence-corrected chi connectivity index (χ4v) is 2.35. The molecule has 0 spiro atoms. The topological polar surface area (TPSA) is 44.5 Å². The molecule has 0 fully saturated rings. The highest BCUT2D eigenvalue weighted by Crippen LogP contribution is 2.40. The molecule has 2 N–H and O–H groups in total. The number of nitrogens with two attached hydrogens (primary N) is 1. The third-order valence-corrected chi connectivity index (χ3v) is 2.57. The molecular formula is C5H14NO2PS. The van der Waals surface area contributed by atoms with Crippen molar-refractivity contribution in [2.75, 3.05) is 6.61 Å². The average molecular weight is 183 g/mol. The van der Waals surface area contributed by atoms with E-state index in [0.29, 0.717) is 6.61 Å². The maximum absolute atomic E-state index is 5.51. The molecule has 62 valence electrons. The lowest BCUT2D eigenvalue weighted by molar-refractivity contribution is 0.209. The Kier molecular flexibility index (Phi) is 4.65. The van der Waals surface area contributed by atoms with E-state index in [1.54, 1.807) is 0 Å². The van der Waals surface area contributed by atoms with Gasteiger partial charge in [0.25, 0.3) is 6.64 Å². The molecule has 0 aromatic heterocycles. The molecule has 0 amide bonds. The first kappa shape index (κ1) is 10.5. The van der Waals surface area contributed by atoms with E-state index in [9.17, 15) is 0 Å². The first-order chi connectivity index (χ1) is 4.48. The third-order valence-electron chi connectivity index (χ3n) is 0.667. The van der Waals surface area contributed by atoms with E-state index in [-0.39, 0.29) is 6.10 Å². The quantitative estimate of drug-likeness (QED) is 0.673. The van der Waals surface area contributed by atoms with Crippen molar-refractivity contribution in [3.63, 3.8) is 0 Å². The van der Waals surface area contributed by atoms with E-state index in [2.05, 4.69) is 0 Å². The number of hydrogen-bond donors (Lipinski definition) is 1. The highest BCUT2D eigenvalue weighted by Gasteiger charge is 2.12. The maximum Gasteiger partial charge on any atom is 0.258 e. The normalized spacial score (nSPS) is 17.3. The molecule has 0 aliphatic carbocycles. The molecule has 0 aliphatic rings. The largest absolute Gasteiger partial charge is 0.318 e. The molecule has 0 rings (SSSR count). The van der Waals surface area contributed by atoms with Crippen molar-refractivity contribution in [2.45, 2.75) is 26.9 Å². The van der Waals surface area contributed by atoms with E-state index in [4.69, 9.17) is 26.4 Å². The van der Waals surface area contributed by atoms with Crippen LogP contribution in [-0.4, -0.2) is 12.7 Å². The molecule has 0 radical (unpaired) electrons. The summed E-state index contributed by atoms with van der Waals surface area (Å²) in [6, 6.07) is 0. The van der Waals surface area contributed by atoms with Crippen LogP contribution in [0.5, 0.6) is 0 Å². The van der Waals surface area contributed by atoms with Crippen LogP contribution in [-0.2, 0) is 20.9 Å². The summed E-state index contributed by atoms with van der Waals surface area (Å²) in [6.07, 6.45) is 0.0439. The van der Waals surface area contributed by atoms with Gasteiger partial charge in [-0.05, 0) is 32.6 Å². The molecular weight excluding hydrogens is 169 g/mol. The Balaban J connectivity index is 3.75. The maximum atomic E-state index is 5.51. The summed E-state index contributed by atoms with van der Waals surface area (Å²) in [7, 11) is 0. The molecule has 1 atom stereocenters. The van der Waals surface area contributed by atoms with Gasteiger partial charge in [-0.15, -0.1) is 0 Å². The highest BCUT2D eigenvalue weighted by atomic mass is 32.5. The van der Waals surface area contributed by atoms with Crippen molar-refractivity contribution in [3.8, 4) is 0 Å². The van der Waals surface area contributed by atoms with E-state index >= 15 is 0 Å². The van der Waals surface area contributed by atoms with Crippen molar-refractivity contribution in [1.82, 2.24) is 0 Å². The van der Waals surface area contributed by atoms with Gasteiger partial charge in [0.2, 0.25) is 0 Å². The second-order valence-electron chi connectivity index (χ2n) is 2.11. The van der Waals surface area contributed by atoms with E-state index < -0.39 is 6.64 Å². The van der Waals surface area contributed by atoms with Gasteiger partial charge in [-0.1, -0.05) is 0 Å². The molecule has 0 saturated heterocycles. The Labute approximate surface area is 67.1 Å². The van der Waals surface area contributed by atoms with Gasteiger partial charge in [0.15, 0.2) is 0 Å². The van der Waals surface area contributed by atoms with Crippen molar-refractivity contribution in [2.24, 2.45) is 5.50 Å². The lowest BCUT2D eigenvalue weighted by Gasteiger charge is -2.18. The van der Waals surface area contributed by atoms with Crippen molar-refractivity contribution in [3.05, 3.63) is 0 Å². The SMILES string of the molecule is CCOP(N)(=S)OC(C)C. The molecule has 10 heavy (non-hydrogen) atoms. The van der Waals surface area contributed by atoms with Gasteiger partial charge >= 0.3 is 0 Å². The van der Waals surface area contributed by atoms with Crippen LogP contribution in [0.3, 0.4) is 0 Å². The van der Waals surface area contributed by atoms with Gasteiger partial charge in [0.1, 0.15) is 0 Å². The average Bonchev–Trinajstić information content (AvgIpc) is 1.59. The van der Waals surface area contributed by atoms with Gasteiger partial charge in [0.05, 0.1) is 12.7 Å². The van der Waals surface area contributed by atoms with Crippen LogP contribution in [0.2, 0.25) is 0 Å². The van der Waals surface area contributed by atoms with Gasteiger partial charge in [0, 0.05) is 0 Å². The predicted molar refractivity (Wildman–Crippen MR) is 46.3 cm³/mol. The zero-order chi connectivity index (χ0) is 8.20. The lowest BCUT2D eigenvalue weighted by Crippen LogP contribution is -2.08. The molecule has 0 heterocycles. The minimum Gasteiger partial charge on any atom is -0.318 e. The molecule has 0 aromatic rings. The molecule has 0 saturated carbocycles. The van der Waals surface area contributed by atoms with Crippen LogP contribution in [0.1, 0.15) is 20.8 Å². The monoisotopic (exact) mass is 183 g/mol. The summed E-state index contributed by atoms with van der Waals surface area (Å²) in [6.45, 7) is 3.71. The Hall–Kier alpha value is 0.530. The van der Waals surface area contributed by atoms with Gasteiger partial charge in [-0.2, -0.15) is 0 Å². The minimum atomic E-state index is -2.42. The zero-order valence-corrected chi connectivity index (χ0v) is 8.24. The first-order valence-corrected chi connectivity index (χ1v) is 5.90. The summed E-state index contributed by atoms with van der Waals surface area (Å²) < 4.78 is 10.2. The first-order valence-electron chi connectivity index (χ1n) is 3.19. The van der Waals surface area contributed by atoms with Gasteiger partial charge < -0.3 is 9.05 Å². The van der Waals surface area contributed by atoms with Crippen LogP contribution in [0.4, 0.5) is 0 Å². The van der Waals surface area contributed by atoms with E-state index in [1.165, 1.54) is 0 Å². The van der Waals surface area contributed by atoms with Crippen molar-refractivity contribution >= 4 is 18.4 Å². The Bertz CT molecular complexity index is 140. The van der Waals surface area contributed by atoms with Gasteiger partial charge in [-0.3, -0.25) is 5.50 Å². The van der Waals surface area contributed by atoms with Crippen LogP contribution < -0.4 is 5.50 Å². The molecule has 3 nitrogen and oxygen atoms in total.